The van der Waals surface area contributed by atoms with Gasteiger partial charge >= 0.3 is 6.09 Å². The van der Waals surface area contributed by atoms with Gasteiger partial charge in [-0.2, -0.15) is 0 Å². The molecule has 2 rings (SSSR count). The van der Waals surface area contributed by atoms with Gasteiger partial charge in [-0.05, 0) is 59.7 Å². The third-order valence-corrected chi connectivity index (χ3v) is 7.06. The van der Waals surface area contributed by atoms with Gasteiger partial charge in [-0.3, -0.25) is 10.3 Å². The van der Waals surface area contributed by atoms with Crippen molar-refractivity contribution in [3.63, 3.8) is 0 Å². The van der Waals surface area contributed by atoms with Crippen molar-refractivity contribution < 1.29 is 22.3 Å². The number of nitrogens with zero attached hydrogens (tertiary/aromatic N) is 1. The molecule has 1 aromatic carbocycles. The van der Waals surface area contributed by atoms with Gasteiger partial charge in [0.25, 0.3) is 0 Å². The number of hydrogen-bond acceptors (Lipinski definition) is 6. The molecule has 1 amide bonds. The monoisotopic (exact) mass is 399 g/mol. The Balaban J connectivity index is 2.57. The zero-order chi connectivity index (χ0) is 20.8. The van der Waals surface area contributed by atoms with E-state index in [0.717, 1.165) is 0 Å². The standard InChI is InChI=1S/C18H26FN3O4S/c1-16(2,3)26-15(23)21-14-17(4,5)27(24,25)10-18(6,22-14)12-9-11(20)7-8-13(12)19/h7-9H,10,20H2,1-6H3,(H,21,22,23)/t18-/m0/s1. The van der Waals surface area contributed by atoms with Gasteiger partial charge in [0.05, 0.1) is 5.75 Å². The Hall–Kier alpha value is -2.16. The first-order valence-corrected chi connectivity index (χ1v) is 10.1. The Morgan fingerprint density at radius 1 is 1.30 bits per heavy atom. The molecule has 1 heterocycles. The summed E-state index contributed by atoms with van der Waals surface area (Å²) in [7, 11) is -3.79. The van der Waals surface area contributed by atoms with Gasteiger partial charge in [0, 0.05) is 11.3 Å². The number of nitrogens with one attached hydrogen (secondary N) is 1. The van der Waals surface area contributed by atoms with E-state index in [1.54, 1.807) is 20.8 Å². The first-order valence-electron chi connectivity index (χ1n) is 8.45. The molecule has 0 aromatic heterocycles. The maximum Gasteiger partial charge on any atom is 0.413 e. The number of nitrogens with two attached hydrogens (primary N) is 1. The fourth-order valence-electron chi connectivity index (χ4n) is 2.78. The second-order valence-corrected chi connectivity index (χ2v) is 10.9. The van der Waals surface area contributed by atoms with Crippen LogP contribution in [-0.2, 0) is 20.1 Å². The van der Waals surface area contributed by atoms with Crippen LogP contribution in [0.1, 0.15) is 47.1 Å². The number of amidine groups is 1. The number of carbonyl (C=O) groups is 1. The van der Waals surface area contributed by atoms with Crippen molar-refractivity contribution >= 4 is 27.5 Å². The number of sulfone groups is 1. The Morgan fingerprint density at radius 3 is 2.44 bits per heavy atom. The van der Waals surface area contributed by atoms with Crippen LogP contribution in [0.15, 0.2) is 23.2 Å². The zero-order valence-corrected chi connectivity index (χ0v) is 17.2. The van der Waals surface area contributed by atoms with E-state index in [1.165, 1.54) is 39.0 Å². The molecule has 0 bridgehead atoms. The summed E-state index contributed by atoms with van der Waals surface area (Å²) in [6.45, 7) is 9.42. The molecule has 0 fully saturated rings. The quantitative estimate of drug-likeness (QED) is 0.706. The number of carbonyl (C=O) groups excluding carboxylic acids is 1. The van der Waals surface area contributed by atoms with E-state index in [0.29, 0.717) is 0 Å². The van der Waals surface area contributed by atoms with Crippen LogP contribution in [0.25, 0.3) is 0 Å². The first-order chi connectivity index (χ1) is 12.1. The molecule has 7 nitrogen and oxygen atoms in total. The molecule has 3 N–H and O–H groups in total. The van der Waals surface area contributed by atoms with Gasteiger partial charge in [-0.25, -0.2) is 17.6 Å². The number of ether oxygens (including phenoxy) is 1. The average molecular weight is 399 g/mol. The van der Waals surface area contributed by atoms with E-state index in [2.05, 4.69) is 10.3 Å². The van der Waals surface area contributed by atoms with Crippen LogP contribution in [0.5, 0.6) is 0 Å². The molecule has 0 aliphatic carbocycles. The molecule has 1 aromatic rings. The molecule has 150 valence electrons. The Morgan fingerprint density at radius 2 is 1.89 bits per heavy atom. The lowest BCUT2D eigenvalue weighted by atomic mass is 9.92. The molecule has 0 unspecified atom stereocenters. The highest BCUT2D eigenvalue weighted by atomic mass is 32.2. The summed E-state index contributed by atoms with van der Waals surface area (Å²) in [4.78, 5) is 16.6. The summed E-state index contributed by atoms with van der Waals surface area (Å²) in [5.74, 6) is -1.15. The summed E-state index contributed by atoms with van der Waals surface area (Å²) >= 11 is 0. The normalized spacial score (nSPS) is 24.0. The third-order valence-electron chi connectivity index (χ3n) is 4.37. The molecule has 1 aliphatic rings. The Kier molecular flexibility index (Phi) is 5.07. The lowest BCUT2D eigenvalue weighted by molar-refractivity contribution is 0.0560. The number of rotatable bonds is 1. The highest BCUT2D eigenvalue weighted by molar-refractivity contribution is 7.93. The van der Waals surface area contributed by atoms with Gasteiger partial charge in [0.2, 0.25) is 0 Å². The molecule has 0 spiro atoms. The second kappa shape index (κ2) is 6.47. The predicted octanol–water partition coefficient (Wildman–Crippen LogP) is 2.75. The SMILES string of the molecule is CC(C)(C)OC(=O)NC1=N[C@](C)(c2cc(N)ccc2F)CS(=O)(=O)C1(C)C. The number of nitrogen functional groups attached to an aromatic ring is 1. The van der Waals surface area contributed by atoms with Crippen LogP contribution in [0.2, 0.25) is 0 Å². The highest BCUT2D eigenvalue weighted by Gasteiger charge is 2.51. The second-order valence-electron chi connectivity index (χ2n) is 8.37. The summed E-state index contributed by atoms with van der Waals surface area (Å²) in [6.07, 6.45) is -0.832. The van der Waals surface area contributed by atoms with Crippen LogP contribution in [0, 0.1) is 5.82 Å². The van der Waals surface area contributed by atoms with Gasteiger partial charge in [-0.1, -0.05) is 0 Å². The van der Waals surface area contributed by atoms with E-state index in [-0.39, 0.29) is 17.1 Å². The van der Waals surface area contributed by atoms with Crippen molar-refractivity contribution in [1.82, 2.24) is 5.32 Å². The predicted molar refractivity (Wildman–Crippen MR) is 103 cm³/mol. The largest absolute Gasteiger partial charge is 0.444 e. The minimum absolute atomic E-state index is 0.0464. The number of hydrogen-bond donors (Lipinski definition) is 2. The van der Waals surface area contributed by atoms with Gasteiger partial charge in [0.1, 0.15) is 27.5 Å². The summed E-state index contributed by atoms with van der Waals surface area (Å²) in [5.41, 5.74) is 3.86. The molecule has 9 heteroatoms. The average Bonchev–Trinajstić information content (AvgIpc) is 2.45. The van der Waals surface area contributed by atoms with Crippen LogP contribution < -0.4 is 11.1 Å². The highest BCUT2D eigenvalue weighted by Crippen LogP contribution is 2.38. The Labute approximate surface area is 159 Å². The summed E-state index contributed by atoms with van der Waals surface area (Å²) in [6, 6.07) is 3.91. The maximum atomic E-state index is 14.4. The Bertz CT molecular complexity index is 904. The van der Waals surface area contributed by atoms with Crippen molar-refractivity contribution in [2.24, 2.45) is 4.99 Å². The number of aliphatic imine (C=N–C) groups is 1. The van der Waals surface area contributed by atoms with E-state index < -0.39 is 43.4 Å². The minimum atomic E-state index is -3.79. The molecule has 0 saturated carbocycles. The van der Waals surface area contributed by atoms with E-state index in [4.69, 9.17) is 10.5 Å². The van der Waals surface area contributed by atoms with Crippen molar-refractivity contribution in [3.05, 3.63) is 29.6 Å². The molecule has 0 saturated heterocycles. The fourth-order valence-corrected chi connectivity index (χ4v) is 4.50. The first kappa shape index (κ1) is 21.1. The van der Waals surface area contributed by atoms with Crippen molar-refractivity contribution in [1.29, 1.82) is 0 Å². The lowest BCUT2D eigenvalue weighted by Gasteiger charge is -2.39. The van der Waals surface area contributed by atoms with Gasteiger partial charge < -0.3 is 10.5 Å². The smallest absolute Gasteiger partial charge is 0.413 e. The van der Waals surface area contributed by atoms with Crippen molar-refractivity contribution in [3.8, 4) is 0 Å². The molecule has 1 aliphatic heterocycles. The number of amides is 1. The van der Waals surface area contributed by atoms with Gasteiger partial charge in [-0.15, -0.1) is 0 Å². The van der Waals surface area contributed by atoms with E-state index >= 15 is 0 Å². The molecule has 1 atom stereocenters. The molecule has 0 radical (unpaired) electrons. The molecular formula is C18H26FN3O4S. The summed E-state index contributed by atoms with van der Waals surface area (Å²) in [5, 5.41) is 2.44. The van der Waals surface area contributed by atoms with E-state index in [1.807, 2.05) is 0 Å². The van der Waals surface area contributed by atoms with Crippen molar-refractivity contribution in [2.75, 3.05) is 11.5 Å². The number of alkyl carbamates (subject to hydrolysis) is 1. The number of benzene rings is 1. The number of anilines is 1. The fraction of sp³-hybridized carbons (Fsp3) is 0.556. The molecular weight excluding hydrogens is 373 g/mol. The lowest BCUT2D eigenvalue weighted by Crippen LogP contribution is -2.58. The topological polar surface area (TPSA) is 111 Å². The maximum absolute atomic E-state index is 14.4. The molecule has 27 heavy (non-hydrogen) atoms. The zero-order valence-electron chi connectivity index (χ0n) is 16.4. The van der Waals surface area contributed by atoms with Gasteiger partial charge in [0.15, 0.2) is 9.84 Å². The minimum Gasteiger partial charge on any atom is -0.444 e. The van der Waals surface area contributed by atoms with Crippen LogP contribution >= 0.6 is 0 Å². The van der Waals surface area contributed by atoms with Crippen molar-refractivity contribution in [2.45, 2.75) is 57.4 Å². The number of halogens is 1. The van der Waals surface area contributed by atoms with Crippen LogP contribution in [0.4, 0.5) is 14.9 Å². The van der Waals surface area contributed by atoms with E-state index in [9.17, 15) is 17.6 Å². The summed E-state index contributed by atoms with van der Waals surface area (Å²) < 4.78 is 44.0. The third kappa shape index (κ3) is 4.23. The van der Waals surface area contributed by atoms with Crippen LogP contribution in [-0.4, -0.2) is 36.4 Å². The van der Waals surface area contributed by atoms with Crippen LogP contribution in [0.3, 0.4) is 0 Å².